The first-order valence-corrected chi connectivity index (χ1v) is 9.41. The lowest BCUT2D eigenvalue weighted by Crippen LogP contribution is -2.39. The second kappa shape index (κ2) is 6.75. The molecule has 1 aromatic carbocycles. The molecule has 7 heteroatoms. The Kier molecular flexibility index (Phi) is 4.69. The molecule has 126 valence electrons. The van der Waals surface area contributed by atoms with Gasteiger partial charge in [0.2, 0.25) is 10.0 Å². The maximum Gasteiger partial charge on any atom is 0.243 e. The molecule has 24 heavy (non-hydrogen) atoms. The number of hydrogen-bond donors (Lipinski definition) is 0. The fourth-order valence-electron chi connectivity index (χ4n) is 3.04. The summed E-state index contributed by atoms with van der Waals surface area (Å²) in [5, 5.41) is 13.1. The van der Waals surface area contributed by atoms with E-state index in [4.69, 9.17) is 5.26 Å². The molecule has 0 aliphatic carbocycles. The molecular weight excluding hydrogens is 324 g/mol. The van der Waals surface area contributed by atoms with Crippen LogP contribution in [0.1, 0.15) is 30.0 Å². The van der Waals surface area contributed by atoms with Crippen LogP contribution in [0.5, 0.6) is 0 Å². The quantitative estimate of drug-likeness (QED) is 0.852. The Morgan fingerprint density at radius 2 is 2.08 bits per heavy atom. The highest BCUT2D eigenvalue weighted by Gasteiger charge is 2.30. The minimum atomic E-state index is -3.51. The molecule has 0 bridgehead atoms. The first kappa shape index (κ1) is 16.7. The second-order valence-corrected chi connectivity index (χ2v) is 8.05. The second-order valence-electron chi connectivity index (χ2n) is 6.12. The van der Waals surface area contributed by atoms with Gasteiger partial charge in [-0.1, -0.05) is 12.1 Å². The molecule has 2 aromatic rings. The van der Waals surface area contributed by atoms with E-state index in [9.17, 15) is 8.42 Å². The van der Waals surface area contributed by atoms with Gasteiger partial charge in [0.05, 0.1) is 29.6 Å². The summed E-state index contributed by atoms with van der Waals surface area (Å²) in [6.07, 6.45) is 5.53. The van der Waals surface area contributed by atoms with E-state index >= 15 is 0 Å². The van der Waals surface area contributed by atoms with Gasteiger partial charge in [-0.2, -0.15) is 14.7 Å². The summed E-state index contributed by atoms with van der Waals surface area (Å²) in [5.41, 5.74) is 1.83. The zero-order chi connectivity index (χ0) is 17.2. The van der Waals surface area contributed by atoms with E-state index < -0.39 is 10.0 Å². The van der Waals surface area contributed by atoms with Crippen molar-refractivity contribution in [1.82, 2.24) is 14.1 Å². The molecule has 0 radical (unpaired) electrons. The molecule has 1 aromatic heterocycles. The standard InChI is InChI=1S/C17H20N4O2S/c1-14-12-19-21(13-14)16-6-9-20(10-7-16)24(22,23)17-4-2-3-15(11-17)5-8-18/h2-4,11-13,16H,5-7,9-10H2,1H3. The van der Waals surface area contributed by atoms with Gasteiger partial charge in [-0.3, -0.25) is 4.68 Å². The van der Waals surface area contributed by atoms with Crippen molar-refractivity contribution in [3.8, 4) is 6.07 Å². The molecule has 0 atom stereocenters. The Morgan fingerprint density at radius 1 is 1.33 bits per heavy atom. The Hall–Kier alpha value is -2.17. The van der Waals surface area contributed by atoms with Crippen molar-refractivity contribution < 1.29 is 8.42 Å². The van der Waals surface area contributed by atoms with Gasteiger partial charge in [-0.25, -0.2) is 8.42 Å². The maximum absolute atomic E-state index is 12.8. The largest absolute Gasteiger partial charge is 0.269 e. The van der Waals surface area contributed by atoms with Crippen LogP contribution in [-0.4, -0.2) is 35.6 Å². The van der Waals surface area contributed by atoms with Crippen LogP contribution in [0.25, 0.3) is 0 Å². The molecule has 2 heterocycles. The third kappa shape index (κ3) is 3.35. The minimum Gasteiger partial charge on any atom is -0.269 e. The predicted octanol–water partition coefficient (Wildman–Crippen LogP) is 2.28. The monoisotopic (exact) mass is 344 g/mol. The number of benzene rings is 1. The SMILES string of the molecule is Cc1cnn(C2CCN(S(=O)(=O)c3cccc(CC#N)c3)CC2)c1. The molecule has 1 fully saturated rings. The van der Waals surface area contributed by atoms with E-state index in [2.05, 4.69) is 11.2 Å². The van der Waals surface area contributed by atoms with Crippen molar-refractivity contribution in [3.63, 3.8) is 0 Å². The van der Waals surface area contributed by atoms with Gasteiger partial charge in [0.15, 0.2) is 0 Å². The number of nitrogens with zero attached hydrogens (tertiary/aromatic N) is 4. The molecule has 6 nitrogen and oxygen atoms in total. The van der Waals surface area contributed by atoms with E-state index in [0.717, 1.165) is 24.0 Å². The Labute approximate surface area is 142 Å². The molecule has 3 rings (SSSR count). The van der Waals surface area contributed by atoms with Gasteiger partial charge in [0.25, 0.3) is 0 Å². The molecule has 1 saturated heterocycles. The zero-order valence-corrected chi connectivity index (χ0v) is 14.4. The summed E-state index contributed by atoms with van der Waals surface area (Å²) < 4.78 is 29.1. The summed E-state index contributed by atoms with van der Waals surface area (Å²) in [7, 11) is -3.51. The third-order valence-corrected chi connectivity index (χ3v) is 6.24. The van der Waals surface area contributed by atoms with Gasteiger partial charge < -0.3 is 0 Å². The number of aromatic nitrogens is 2. The summed E-state index contributed by atoms with van der Waals surface area (Å²) in [6.45, 7) is 2.96. The van der Waals surface area contributed by atoms with Gasteiger partial charge >= 0.3 is 0 Å². The van der Waals surface area contributed by atoms with Crippen molar-refractivity contribution in [1.29, 1.82) is 5.26 Å². The van der Waals surface area contributed by atoms with Crippen LogP contribution in [0, 0.1) is 18.3 Å². The van der Waals surface area contributed by atoms with Crippen LogP contribution < -0.4 is 0 Å². The average Bonchev–Trinajstić information content (AvgIpc) is 3.02. The molecule has 0 N–H and O–H groups in total. The average molecular weight is 344 g/mol. The van der Waals surface area contributed by atoms with Crippen LogP contribution in [0.2, 0.25) is 0 Å². The van der Waals surface area contributed by atoms with Crippen molar-refractivity contribution in [2.45, 2.75) is 37.1 Å². The van der Waals surface area contributed by atoms with Crippen LogP contribution >= 0.6 is 0 Å². The normalized spacial score (nSPS) is 16.8. The highest BCUT2D eigenvalue weighted by Crippen LogP contribution is 2.27. The van der Waals surface area contributed by atoms with Gasteiger partial charge in [-0.05, 0) is 43.0 Å². The summed E-state index contributed by atoms with van der Waals surface area (Å²) in [4.78, 5) is 0.267. The first-order valence-electron chi connectivity index (χ1n) is 7.97. The van der Waals surface area contributed by atoms with Crippen LogP contribution in [-0.2, 0) is 16.4 Å². The molecule has 1 aliphatic heterocycles. The molecule has 0 amide bonds. The molecule has 0 saturated carbocycles. The molecule has 0 unspecified atom stereocenters. The van der Waals surface area contributed by atoms with Crippen LogP contribution in [0.4, 0.5) is 0 Å². The van der Waals surface area contributed by atoms with Crippen molar-refractivity contribution in [2.75, 3.05) is 13.1 Å². The highest BCUT2D eigenvalue weighted by molar-refractivity contribution is 7.89. The lowest BCUT2D eigenvalue weighted by atomic mass is 10.1. The van der Waals surface area contributed by atoms with Crippen molar-refractivity contribution in [3.05, 3.63) is 47.8 Å². The summed E-state index contributed by atoms with van der Waals surface area (Å²) >= 11 is 0. The number of hydrogen-bond acceptors (Lipinski definition) is 4. The topological polar surface area (TPSA) is 79.0 Å². The highest BCUT2D eigenvalue weighted by atomic mass is 32.2. The smallest absolute Gasteiger partial charge is 0.243 e. The number of sulfonamides is 1. The van der Waals surface area contributed by atoms with E-state index in [-0.39, 0.29) is 17.4 Å². The number of rotatable bonds is 4. The Balaban J connectivity index is 1.73. The van der Waals surface area contributed by atoms with E-state index in [0.29, 0.717) is 13.1 Å². The van der Waals surface area contributed by atoms with Crippen LogP contribution in [0.15, 0.2) is 41.6 Å². The fraction of sp³-hybridized carbons (Fsp3) is 0.412. The first-order chi connectivity index (χ1) is 11.5. The molecular formula is C17H20N4O2S. The number of nitriles is 1. The third-order valence-electron chi connectivity index (χ3n) is 4.35. The summed E-state index contributed by atoms with van der Waals surface area (Å²) in [5.74, 6) is 0. The lowest BCUT2D eigenvalue weighted by Gasteiger charge is -2.31. The zero-order valence-electron chi connectivity index (χ0n) is 13.6. The minimum absolute atomic E-state index is 0.212. The van der Waals surface area contributed by atoms with Crippen LogP contribution in [0.3, 0.4) is 0 Å². The van der Waals surface area contributed by atoms with Gasteiger partial charge in [0, 0.05) is 19.3 Å². The van der Waals surface area contributed by atoms with E-state index in [1.54, 1.807) is 24.3 Å². The fourth-order valence-corrected chi connectivity index (χ4v) is 4.58. The lowest BCUT2D eigenvalue weighted by molar-refractivity contribution is 0.261. The summed E-state index contributed by atoms with van der Waals surface area (Å²) in [6, 6.07) is 8.96. The number of piperidine rings is 1. The van der Waals surface area contributed by atoms with Gasteiger partial charge in [0.1, 0.15) is 0 Å². The predicted molar refractivity (Wildman–Crippen MR) is 89.8 cm³/mol. The van der Waals surface area contributed by atoms with E-state index in [1.165, 1.54) is 4.31 Å². The molecule has 1 aliphatic rings. The Morgan fingerprint density at radius 3 is 2.71 bits per heavy atom. The maximum atomic E-state index is 12.8. The van der Waals surface area contributed by atoms with E-state index in [1.807, 2.05) is 24.0 Å². The van der Waals surface area contributed by atoms with Crippen molar-refractivity contribution >= 4 is 10.0 Å². The molecule has 0 spiro atoms. The Bertz CT molecular complexity index is 859. The number of aryl methyl sites for hydroxylation is 1. The van der Waals surface area contributed by atoms with Crippen molar-refractivity contribution in [2.24, 2.45) is 0 Å². The van der Waals surface area contributed by atoms with Gasteiger partial charge in [-0.15, -0.1) is 0 Å².